The van der Waals surface area contributed by atoms with Crippen molar-refractivity contribution in [3.05, 3.63) is 17.4 Å². The van der Waals surface area contributed by atoms with E-state index in [1.165, 1.54) is 0 Å². The molecular formula is C22H35NO3. The molecule has 1 saturated heterocycles. The molecule has 3 aliphatic heterocycles. The molecule has 146 valence electrons. The minimum Gasteiger partial charge on any atom is -0.457 e. The summed E-state index contributed by atoms with van der Waals surface area (Å²) >= 11 is 0. The standard InChI is InChI=1S/C22H35NO3/c1-9-18-14(3)11-10-13(2)15(4)12-22(7)20(23-8)19(26-22)16(5)17(6)21(24)25-18/h10,13,15-19H,9,12H2,1-8H3. The summed E-state index contributed by atoms with van der Waals surface area (Å²) in [6, 6.07) is 0. The van der Waals surface area contributed by atoms with Crippen molar-refractivity contribution >= 4 is 11.7 Å². The van der Waals surface area contributed by atoms with E-state index in [-0.39, 0.29) is 35.6 Å². The second-order valence-electron chi connectivity index (χ2n) is 8.39. The SMILES string of the molecule is CCC1OC(=O)C(C)C(C)C2OC(C)(CC(C)C(C)C=C=C1C)C2=NC. The summed E-state index contributed by atoms with van der Waals surface area (Å²) in [6.45, 7) is 14.6. The average molecular weight is 362 g/mol. The van der Waals surface area contributed by atoms with Crippen molar-refractivity contribution in [2.75, 3.05) is 7.05 Å². The van der Waals surface area contributed by atoms with Gasteiger partial charge >= 0.3 is 5.97 Å². The van der Waals surface area contributed by atoms with Crippen LogP contribution in [0.5, 0.6) is 0 Å². The topological polar surface area (TPSA) is 47.9 Å². The van der Waals surface area contributed by atoms with Crippen LogP contribution < -0.4 is 0 Å². The van der Waals surface area contributed by atoms with E-state index in [9.17, 15) is 4.79 Å². The van der Waals surface area contributed by atoms with E-state index in [0.717, 1.165) is 24.1 Å². The minimum absolute atomic E-state index is 0.0299. The molecule has 0 saturated carbocycles. The summed E-state index contributed by atoms with van der Waals surface area (Å²) < 4.78 is 12.1. The van der Waals surface area contributed by atoms with Crippen LogP contribution >= 0.6 is 0 Å². The van der Waals surface area contributed by atoms with E-state index in [2.05, 4.69) is 44.5 Å². The number of carbonyl (C=O) groups is 1. The van der Waals surface area contributed by atoms with Gasteiger partial charge in [0, 0.05) is 18.5 Å². The highest BCUT2D eigenvalue weighted by Gasteiger charge is 2.52. The van der Waals surface area contributed by atoms with Crippen molar-refractivity contribution < 1.29 is 14.3 Å². The Morgan fingerprint density at radius 3 is 2.54 bits per heavy atom. The summed E-state index contributed by atoms with van der Waals surface area (Å²) in [5.74, 6) is 0.414. The smallest absolute Gasteiger partial charge is 0.309 e. The summed E-state index contributed by atoms with van der Waals surface area (Å²) in [5, 5.41) is 0. The van der Waals surface area contributed by atoms with E-state index in [1.54, 1.807) is 0 Å². The largest absolute Gasteiger partial charge is 0.457 e. The van der Waals surface area contributed by atoms with Gasteiger partial charge in [0.25, 0.3) is 0 Å². The molecule has 0 radical (unpaired) electrons. The first-order valence-electron chi connectivity index (χ1n) is 9.93. The highest BCUT2D eigenvalue weighted by molar-refractivity contribution is 6.01. The number of rotatable bonds is 1. The molecule has 4 heteroatoms. The van der Waals surface area contributed by atoms with Crippen LogP contribution in [0.3, 0.4) is 0 Å². The monoisotopic (exact) mass is 361 g/mol. The lowest BCUT2D eigenvalue weighted by atomic mass is 9.72. The van der Waals surface area contributed by atoms with Gasteiger partial charge in [0.15, 0.2) is 0 Å². The number of fused-ring (bicyclic) bond motifs is 8. The number of nitrogens with zero attached hydrogens (tertiary/aromatic N) is 1. The van der Waals surface area contributed by atoms with Crippen LogP contribution in [-0.2, 0) is 14.3 Å². The van der Waals surface area contributed by atoms with Gasteiger partial charge in [-0.15, -0.1) is 5.73 Å². The summed E-state index contributed by atoms with van der Waals surface area (Å²) in [5.41, 5.74) is 5.09. The van der Waals surface area contributed by atoms with Gasteiger partial charge in [-0.3, -0.25) is 9.79 Å². The number of ether oxygens (including phenoxy) is 2. The lowest BCUT2D eigenvalue weighted by Crippen LogP contribution is -2.63. The molecule has 0 spiro atoms. The van der Waals surface area contributed by atoms with Crippen molar-refractivity contribution in [3.8, 4) is 0 Å². The van der Waals surface area contributed by atoms with E-state index in [0.29, 0.717) is 11.8 Å². The fourth-order valence-electron chi connectivity index (χ4n) is 4.03. The molecule has 0 aliphatic carbocycles. The quantitative estimate of drug-likeness (QED) is 0.507. The van der Waals surface area contributed by atoms with Gasteiger partial charge in [-0.05, 0) is 44.6 Å². The molecule has 7 unspecified atom stereocenters. The molecule has 3 rings (SSSR count). The molecule has 26 heavy (non-hydrogen) atoms. The lowest BCUT2D eigenvalue weighted by Gasteiger charge is -2.51. The second-order valence-corrected chi connectivity index (χ2v) is 8.39. The molecule has 0 aromatic heterocycles. The van der Waals surface area contributed by atoms with Crippen LogP contribution in [0.4, 0.5) is 0 Å². The molecular weight excluding hydrogens is 326 g/mol. The lowest BCUT2D eigenvalue weighted by molar-refractivity contribution is -0.160. The molecule has 0 N–H and O–H groups in total. The number of hydrogen-bond donors (Lipinski definition) is 0. The van der Waals surface area contributed by atoms with Crippen molar-refractivity contribution in [1.29, 1.82) is 0 Å². The molecule has 2 bridgehead atoms. The Morgan fingerprint density at radius 2 is 1.96 bits per heavy atom. The molecule has 4 nitrogen and oxygen atoms in total. The maximum absolute atomic E-state index is 12.7. The summed E-state index contributed by atoms with van der Waals surface area (Å²) in [4.78, 5) is 17.2. The Labute approximate surface area is 158 Å². The first kappa shape index (κ1) is 20.9. The Kier molecular flexibility index (Phi) is 6.52. The van der Waals surface area contributed by atoms with E-state index in [1.807, 2.05) is 27.8 Å². The number of hydrogen-bond acceptors (Lipinski definition) is 4. The summed E-state index contributed by atoms with van der Waals surface area (Å²) in [7, 11) is 1.83. The number of aliphatic imine (C=N–C) groups is 1. The maximum Gasteiger partial charge on any atom is 0.309 e. The highest BCUT2D eigenvalue weighted by atomic mass is 16.5. The maximum atomic E-state index is 12.7. The zero-order valence-electron chi connectivity index (χ0n) is 17.6. The fourth-order valence-corrected chi connectivity index (χ4v) is 4.03. The van der Waals surface area contributed by atoms with E-state index >= 15 is 0 Å². The molecule has 1 fully saturated rings. The van der Waals surface area contributed by atoms with Gasteiger partial charge in [-0.2, -0.15) is 0 Å². The van der Waals surface area contributed by atoms with Crippen LogP contribution in [-0.4, -0.2) is 36.5 Å². The summed E-state index contributed by atoms with van der Waals surface area (Å²) in [6.07, 6.45) is 3.45. The Hall–Kier alpha value is -1.38. The van der Waals surface area contributed by atoms with Crippen molar-refractivity contribution in [3.63, 3.8) is 0 Å². The Balaban J connectivity index is 2.41. The number of carbonyl (C=O) groups excluding carboxylic acids is 1. The second kappa shape index (κ2) is 8.10. The van der Waals surface area contributed by atoms with Crippen molar-refractivity contribution in [1.82, 2.24) is 0 Å². The molecule has 0 aromatic carbocycles. The van der Waals surface area contributed by atoms with E-state index in [4.69, 9.17) is 9.47 Å². The van der Waals surface area contributed by atoms with Crippen LogP contribution in [0.1, 0.15) is 61.3 Å². The Morgan fingerprint density at radius 1 is 1.31 bits per heavy atom. The first-order valence-corrected chi connectivity index (χ1v) is 9.93. The molecule has 3 aliphatic rings. The highest BCUT2D eigenvalue weighted by Crippen LogP contribution is 2.42. The zero-order chi connectivity index (χ0) is 19.6. The molecule has 7 atom stereocenters. The van der Waals surface area contributed by atoms with Gasteiger partial charge in [0.1, 0.15) is 17.8 Å². The van der Waals surface area contributed by atoms with Crippen molar-refractivity contribution in [2.24, 2.45) is 28.7 Å². The van der Waals surface area contributed by atoms with Crippen LogP contribution in [0, 0.1) is 23.7 Å². The van der Waals surface area contributed by atoms with Gasteiger partial charge in [-0.25, -0.2) is 0 Å². The molecule has 0 amide bonds. The third kappa shape index (κ3) is 3.97. The third-order valence-corrected chi connectivity index (χ3v) is 6.37. The predicted octanol–water partition coefficient (Wildman–Crippen LogP) is 4.59. The Bertz CT molecular complexity index is 631. The van der Waals surface area contributed by atoms with Gasteiger partial charge < -0.3 is 9.47 Å². The minimum atomic E-state index is -0.340. The van der Waals surface area contributed by atoms with Gasteiger partial charge in [0.2, 0.25) is 0 Å². The van der Waals surface area contributed by atoms with Crippen LogP contribution in [0.15, 0.2) is 22.4 Å². The van der Waals surface area contributed by atoms with E-state index < -0.39 is 0 Å². The van der Waals surface area contributed by atoms with Gasteiger partial charge in [0.05, 0.1) is 11.6 Å². The molecule has 0 aromatic rings. The van der Waals surface area contributed by atoms with Gasteiger partial charge in [-0.1, -0.05) is 34.6 Å². The van der Waals surface area contributed by atoms with Crippen LogP contribution in [0.25, 0.3) is 0 Å². The first-order chi connectivity index (χ1) is 12.1. The number of esters is 1. The normalized spacial score (nSPS) is 43.3. The zero-order valence-corrected chi connectivity index (χ0v) is 17.6. The van der Waals surface area contributed by atoms with Crippen LogP contribution in [0.2, 0.25) is 0 Å². The molecule has 3 heterocycles. The fraction of sp³-hybridized carbons (Fsp3) is 0.773. The average Bonchev–Trinajstić information content (AvgIpc) is 2.59. The third-order valence-electron chi connectivity index (χ3n) is 6.37. The van der Waals surface area contributed by atoms with Crippen molar-refractivity contribution in [2.45, 2.75) is 79.1 Å². The predicted molar refractivity (Wildman–Crippen MR) is 105 cm³/mol.